The van der Waals surface area contributed by atoms with E-state index >= 15 is 0 Å². The molecule has 1 N–H and O–H groups in total. The number of unbranched alkanes of at least 4 members (excludes halogenated alkanes) is 16. The Morgan fingerprint density at radius 1 is 0.886 bits per heavy atom. The third-order valence-corrected chi connectivity index (χ3v) is 12.7. The van der Waals surface area contributed by atoms with Crippen molar-refractivity contribution in [3.05, 3.63) is 29.7 Å². The Morgan fingerprint density at radius 3 is 2.14 bits per heavy atom. The van der Waals surface area contributed by atoms with Crippen LogP contribution in [-0.2, 0) is 9.53 Å². The van der Waals surface area contributed by atoms with Crippen LogP contribution in [0, 0.1) is 22.7 Å². The van der Waals surface area contributed by atoms with Gasteiger partial charge in [-0.2, -0.15) is 0 Å². The first-order valence-corrected chi connectivity index (χ1v) is 19.0. The summed E-state index contributed by atoms with van der Waals surface area (Å²) < 4.78 is 11.5. The maximum Gasteiger partial charge on any atom is 0.305 e. The van der Waals surface area contributed by atoms with Crippen LogP contribution in [0.15, 0.2) is 22.8 Å². The summed E-state index contributed by atoms with van der Waals surface area (Å²) in [4.78, 5) is 12.7. The van der Waals surface area contributed by atoms with Gasteiger partial charge in [0.25, 0.3) is 0 Å². The minimum Gasteiger partial charge on any atom is -0.465 e. The Kier molecular flexibility index (Phi) is 12.2. The predicted octanol–water partition coefficient (Wildman–Crippen LogP) is 11.3. The fraction of sp³-hybridized carbons (Fsp3) is 0.825. The van der Waals surface area contributed by atoms with E-state index < -0.39 is 5.60 Å². The highest BCUT2D eigenvalue weighted by Crippen LogP contribution is 2.71. The SMILES string of the molecule is CCCCCCCCCCCCCCCCCCCC(=O)OC[C@]1(O)C[C@@]23CC[C@H]4c5ccoc5C=C[C@]4(C)[C@H]2CC[C@H]1C3. The fourth-order valence-electron chi connectivity index (χ4n) is 10.3. The first-order chi connectivity index (χ1) is 21.4. The molecule has 4 aliphatic carbocycles. The fourth-order valence-corrected chi connectivity index (χ4v) is 10.3. The lowest BCUT2D eigenvalue weighted by molar-refractivity contribution is -0.154. The van der Waals surface area contributed by atoms with E-state index in [1.165, 1.54) is 102 Å². The van der Waals surface area contributed by atoms with Crippen LogP contribution >= 0.6 is 0 Å². The largest absolute Gasteiger partial charge is 0.465 e. The lowest BCUT2D eigenvalue weighted by Gasteiger charge is -2.58. The topological polar surface area (TPSA) is 59.7 Å². The summed E-state index contributed by atoms with van der Waals surface area (Å²) in [5.41, 5.74) is 0.781. The van der Waals surface area contributed by atoms with Crippen molar-refractivity contribution in [2.24, 2.45) is 22.7 Å². The summed E-state index contributed by atoms with van der Waals surface area (Å²) in [7, 11) is 0. The molecule has 4 nitrogen and oxygen atoms in total. The number of carbonyl (C=O) groups excluding carboxylic acids is 1. The molecule has 1 heterocycles. The highest BCUT2D eigenvalue weighted by molar-refractivity contribution is 5.69. The number of allylic oxidation sites excluding steroid dienone is 1. The van der Waals surface area contributed by atoms with E-state index in [-0.39, 0.29) is 29.3 Å². The van der Waals surface area contributed by atoms with Gasteiger partial charge in [-0.1, -0.05) is 123 Å². The molecule has 1 aromatic rings. The molecule has 2 bridgehead atoms. The molecule has 4 heteroatoms. The second kappa shape index (κ2) is 15.8. The van der Waals surface area contributed by atoms with Crippen molar-refractivity contribution < 1.29 is 19.1 Å². The van der Waals surface area contributed by atoms with E-state index in [9.17, 15) is 9.90 Å². The zero-order chi connectivity index (χ0) is 30.9. The lowest BCUT2D eigenvalue weighted by Crippen LogP contribution is -2.49. The zero-order valence-electron chi connectivity index (χ0n) is 28.4. The summed E-state index contributed by atoms with van der Waals surface area (Å²) >= 11 is 0. The molecule has 0 radical (unpaired) electrons. The molecule has 5 rings (SSSR count). The number of hydrogen-bond acceptors (Lipinski definition) is 4. The zero-order valence-corrected chi connectivity index (χ0v) is 28.4. The van der Waals surface area contributed by atoms with Gasteiger partial charge in [-0.25, -0.2) is 0 Å². The predicted molar refractivity (Wildman–Crippen MR) is 180 cm³/mol. The van der Waals surface area contributed by atoms with E-state index in [1.54, 1.807) is 0 Å². The molecule has 0 amide bonds. The average Bonchev–Trinajstić information content (AvgIpc) is 3.57. The second-order valence-electron chi connectivity index (χ2n) is 15.8. The molecular formula is C40H64O4. The van der Waals surface area contributed by atoms with Crippen molar-refractivity contribution in [2.75, 3.05) is 6.61 Å². The van der Waals surface area contributed by atoms with Crippen LogP contribution < -0.4 is 0 Å². The van der Waals surface area contributed by atoms with E-state index in [1.807, 2.05) is 6.26 Å². The summed E-state index contributed by atoms with van der Waals surface area (Å²) in [6.45, 7) is 4.92. The number of aliphatic hydroxyl groups is 1. The van der Waals surface area contributed by atoms with Gasteiger partial charge in [0, 0.05) is 12.0 Å². The van der Waals surface area contributed by atoms with Gasteiger partial charge in [0.2, 0.25) is 0 Å². The van der Waals surface area contributed by atoms with Crippen molar-refractivity contribution in [3.63, 3.8) is 0 Å². The van der Waals surface area contributed by atoms with Gasteiger partial charge in [-0.05, 0) is 85.7 Å². The molecule has 44 heavy (non-hydrogen) atoms. The first-order valence-electron chi connectivity index (χ1n) is 19.0. The van der Waals surface area contributed by atoms with Crippen LogP contribution in [-0.4, -0.2) is 23.3 Å². The van der Waals surface area contributed by atoms with Gasteiger partial charge in [-0.3, -0.25) is 4.79 Å². The van der Waals surface area contributed by atoms with Crippen molar-refractivity contribution >= 4 is 12.0 Å². The van der Waals surface area contributed by atoms with Gasteiger partial charge in [0.1, 0.15) is 18.0 Å². The van der Waals surface area contributed by atoms with E-state index in [0.717, 1.165) is 57.1 Å². The number of hydrogen-bond donors (Lipinski definition) is 1. The van der Waals surface area contributed by atoms with Crippen molar-refractivity contribution in [1.29, 1.82) is 0 Å². The Labute approximate surface area is 269 Å². The third kappa shape index (κ3) is 7.87. The maximum absolute atomic E-state index is 12.7. The molecule has 3 fully saturated rings. The molecule has 0 aromatic carbocycles. The molecule has 1 spiro atoms. The number of fused-ring (bicyclic) bond motifs is 5. The summed E-state index contributed by atoms with van der Waals surface area (Å²) in [5, 5.41) is 11.9. The number of carbonyl (C=O) groups is 1. The number of rotatable bonds is 20. The average molecular weight is 609 g/mol. The molecule has 1 aromatic heterocycles. The molecule has 248 valence electrons. The van der Waals surface area contributed by atoms with Gasteiger partial charge in [0.05, 0.1) is 6.26 Å². The molecule has 6 atom stereocenters. The normalized spacial score (nSPS) is 31.8. The standard InChI is InChI=1S/C40H64O4/c1-3-4-5-6-7-8-9-10-11-12-13-14-15-16-17-18-19-20-37(41)44-31-40(42)30-39-27-23-34-33-25-28-43-35(33)24-26-38(34,2)36(39)22-21-32(40)29-39/h24-26,28,32,34,36,42H,3-23,27,29-31H2,1-2H3/t32-,34-,36+,38-,39-,40+/m0/s1. The maximum atomic E-state index is 12.7. The summed E-state index contributed by atoms with van der Waals surface area (Å²) in [6, 6.07) is 2.18. The van der Waals surface area contributed by atoms with Crippen molar-refractivity contribution in [3.8, 4) is 0 Å². The molecule has 4 aliphatic rings. The Balaban J connectivity index is 0.912. The lowest BCUT2D eigenvalue weighted by atomic mass is 9.46. The Bertz CT molecular complexity index is 1060. The number of ether oxygens (including phenoxy) is 1. The number of esters is 1. The minimum atomic E-state index is -0.860. The van der Waals surface area contributed by atoms with Crippen LogP contribution in [0.3, 0.4) is 0 Å². The highest BCUT2D eigenvalue weighted by Gasteiger charge is 2.65. The summed E-state index contributed by atoms with van der Waals surface area (Å²) in [5.74, 6) is 2.23. The van der Waals surface area contributed by atoms with E-state index in [0.29, 0.717) is 18.3 Å². The van der Waals surface area contributed by atoms with E-state index in [4.69, 9.17) is 9.15 Å². The summed E-state index contributed by atoms with van der Waals surface area (Å²) in [6.07, 6.45) is 36.1. The smallest absolute Gasteiger partial charge is 0.305 e. The van der Waals surface area contributed by atoms with Crippen LogP contribution in [0.1, 0.15) is 185 Å². The van der Waals surface area contributed by atoms with Gasteiger partial charge in [-0.15, -0.1) is 0 Å². The van der Waals surface area contributed by atoms with Gasteiger partial charge in [0.15, 0.2) is 0 Å². The molecular weight excluding hydrogens is 544 g/mol. The van der Waals surface area contributed by atoms with Crippen LogP contribution in [0.4, 0.5) is 0 Å². The van der Waals surface area contributed by atoms with E-state index in [2.05, 4.69) is 32.1 Å². The quantitative estimate of drug-likeness (QED) is 0.118. The van der Waals surface area contributed by atoms with Crippen LogP contribution in [0.25, 0.3) is 6.08 Å². The first kappa shape index (κ1) is 33.8. The highest BCUT2D eigenvalue weighted by atomic mass is 16.5. The van der Waals surface area contributed by atoms with Gasteiger partial charge < -0.3 is 14.3 Å². The minimum absolute atomic E-state index is 0.106. The monoisotopic (exact) mass is 608 g/mol. The molecule has 0 aliphatic heterocycles. The van der Waals surface area contributed by atoms with Crippen molar-refractivity contribution in [1.82, 2.24) is 0 Å². The Hall–Kier alpha value is -1.55. The third-order valence-electron chi connectivity index (χ3n) is 12.7. The molecule has 3 saturated carbocycles. The number of furan rings is 1. The second-order valence-corrected chi connectivity index (χ2v) is 15.8. The van der Waals surface area contributed by atoms with Crippen LogP contribution in [0.5, 0.6) is 0 Å². The van der Waals surface area contributed by atoms with Crippen LogP contribution in [0.2, 0.25) is 0 Å². The molecule has 0 unspecified atom stereocenters. The van der Waals surface area contributed by atoms with Crippen molar-refractivity contribution in [2.45, 2.75) is 179 Å². The molecule has 0 saturated heterocycles. The van der Waals surface area contributed by atoms with Gasteiger partial charge >= 0.3 is 5.97 Å². The Morgan fingerprint density at radius 2 is 1.50 bits per heavy atom.